The van der Waals surface area contributed by atoms with Crippen LogP contribution in [0.15, 0.2) is 152 Å². The van der Waals surface area contributed by atoms with Gasteiger partial charge < -0.3 is 9.47 Å². The number of nitrogens with zero attached hydrogens (tertiary/aromatic N) is 2. The maximum Gasteiger partial charge on any atom is 0.140 e. The molecule has 2 aliphatic rings. The van der Waals surface area contributed by atoms with Gasteiger partial charge in [-0.15, -0.1) is 0 Å². The summed E-state index contributed by atoms with van der Waals surface area (Å²) in [5.74, 6) is 3.17. The molecule has 218 valence electrons. The van der Waals surface area contributed by atoms with E-state index < -0.39 is 6.04 Å². The van der Waals surface area contributed by atoms with Gasteiger partial charge in [-0.2, -0.15) is 0 Å². The quantitative estimate of drug-likeness (QED) is 0.182. The lowest BCUT2D eigenvalue weighted by Gasteiger charge is -2.37. The van der Waals surface area contributed by atoms with Crippen LogP contribution in [0.1, 0.15) is 0 Å². The molecular weight excluding hydrogens is 603 g/mol. The zero-order valence-electron chi connectivity index (χ0n) is 24.5. The van der Waals surface area contributed by atoms with Crippen LogP contribution in [0.2, 0.25) is 0 Å². The predicted molar refractivity (Wildman–Crippen MR) is 190 cm³/mol. The molecule has 0 saturated heterocycles. The van der Waals surface area contributed by atoms with Crippen molar-refractivity contribution in [3.63, 3.8) is 0 Å². The Morgan fingerprint density at radius 1 is 0.413 bits per heavy atom. The highest BCUT2D eigenvalue weighted by molar-refractivity contribution is 8.26. The molecule has 6 heteroatoms. The van der Waals surface area contributed by atoms with Crippen molar-refractivity contribution in [3.8, 4) is 67.5 Å². The molecule has 0 N–H and O–H groups in total. The second-order valence-electron chi connectivity index (χ2n) is 11.4. The molecule has 2 aromatic heterocycles. The molecule has 0 saturated carbocycles. The summed E-state index contributed by atoms with van der Waals surface area (Å²) in [7, 11) is 0. The minimum absolute atomic E-state index is 0.777. The van der Waals surface area contributed by atoms with E-state index in [0.717, 1.165) is 83.4 Å². The van der Waals surface area contributed by atoms with Crippen molar-refractivity contribution in [1.82, 2.24) is 9.97 Å². The normalized spacial score (nSPS) is 13.4. The third-order valence-corrected chi connectivity index (χ3v) is 13.6. The molecule has 0 unspecified atom stereocenters. The molecule has 5 aromatic carbocycles. The van der Waals surface area contributed by atoms with Gasteiger partial charge in [-0.05, 0) is 93.0 Å². The van der Waals surface area contributed by atoms with Crippen molar-refractivity contribution in [2.24, 2.45) is 0 Å². The Bertz CT molecular complexity index is 2170. The second-order valence-corrected chi connectivity index (χ2v) is 15.7. The lowest BCUT2D eigenvalue weighted by molar-refractivity contribution is 0.466. The van der Waals surface area contributed by atoms with Crippen molar-refractivity contribution in [1.29, 1.82) is 0 Å². The van der Waals surface area contributed by atoms with Gasteiger partial charge in [0.2, 0.25) is 0 Å². The molecule has 9 rings (SSSR count). The van der Waals surface area contributed by atoms with Gasteiger partial charge in [-0.25, -0.2) is 0 Å². The molecule has 4 heterocycles. The largest absolute Gasteiger partial charge is 0.456 e. The van der Waals surface area contributed by atoms with Crippen molar-refractivity contribution < 1.29 is 9.47 Å². The summed E-state index contributed by atoms with van der Waals surface area (Å²) < 4.78 is 13.0. The Morgan fingerprint density at radius 3 is 1.24 bits per heavy atom. The Balaban J connectivity index is 1.16. The SMILES string of the molecule is S=P12c3cc(-c4ccc(-c5cccnc5)cc4)ccc3Oc3cccc(c31)Oc1ccc(-c3ccc(-c4cccnc4)cc3)cc12. The monoisotopic (exact) mass is 628 g/mol. The molecule has 0 spiro atoms. The summed E-state index contributed by atoms with van der Waals surface area (Å²) in [4.78, 5) is 8.54. The van der Waals surface area contributed by atoms with Gasteiger partial charge in [0.25, 0.3) is 0 Å². The van der Waals surface area contributed by atoms with Gasteiger partial charge in [-0.3, -0.25) is 9.97 Å². The van der Waals surface area contributed by atoms with E-state index in [4.69, 9.17) is 21.3 Å². The van der Waals surface area contributed by atoms with E-state index in [-0.39, 0.29) is 0 Å². The van der Waals surface area contributed by atoms with Gasteiger partial charge in [0, 0.05) is 35.4 Å². The number of ether oxygens (including phenoxy) is 2. The lowest BCUT2D eigenvalue weighted by atomic mass is 10.0. The molecule has 2 aliphatic heterocycles. The van der Waals surface area contributed by atoms with Crippen LogP contribution in [0, 0.1) is 0 Å². The highest BCUT2D eigenvalue weighted by atomic mass is 32.4. The van der Waals surface area contributed by atoms with E-state index in [9.17, 15) is 0 Å². The summed E-state index contributed by atoms with van der Waals surface area (Å²) in [6.45, 7) is 0. The predicted octanol–water partition coefficient (Wildman–Crippen LogP) is 9.11. The van der Waals surface area contributed by atoms with Crippen LogP contribution in [-0.2, 0) is 11.8 Å². The van der Waals surface area contributed by atoms with Gasteiger partial charge in [0.15, 0.2) is 0 Å². The van der Waals surface area contributed by atoms with Crippen molar-refractivity contribution in [2.75, 3.05) is 0 Å². The first-order chi connectivity index (χ1) is 22.6. The fraction of sp³-hybridized carbons (Fsp3) is 0. The number of hydrogen-bond donors (Lipinski definition) is 0. The first-order valence-electron chi connectivity index (χ1n) is 15.1. The smallest absolute Gasteiger partial charge is 0.140 e. The zero-order chi connectivity index (χ0) is 30.7. The van der Waals surface area contributed by atoms with E-state index in [2.05, 4.69) is 107 Å². The summed E-state index contributed by atoms with van der Waals surface area (Å²) >= 11 is 6.88. The van der Waals surface area contributed by atoms with Crippen LogP contribution < -0.4 is 25.4 Å². The summed E-state index contributed by atoms with van der Waals surface area (Å²) in [5.41, 5.74) is 8.87. The second kappa shape index (κ2) is 10.6. The minimum Gasteiger partial charge on any atom is -0.456 e. The molecule has 4 nitrogen and oxygen atoms in total. The average Bonchev–Trinajstić information content (AvgIpc) is 3.12. The fourth-order valence-electron chi connectivity index (χ4n) is 6.42. The van der Waals surface area contributed by atoms with Crippen LogP contribution in [0.25, 0.3) is 44.5 Å². The van der Waals surface area contributed by atoms with Crippen LogP contribution in [0.5, 0.6) is 23.0 Å². The number of rotatable bonds is 4. The Labute approximate surface area is 272 Å². The standard InChI is InChI=1S/C40H25N2O2PS/c46-45-38-22-30(26-8-12-28(13-9-26)32-4-2-20-41-24-32)16-18-34(38)43-36-6-1-7-37(40(36)45)44-35-19-17-31(23-39(35)45)27-10-14-29(15-11-27)33-5-3-21-42-25-33/h1-25H. The minimum atomic E-state index is -2.56. The van der Waals surface area contributed by atoms with Gasteiger partial charge in [0.05, 0.1) is 11.3 Å². The average molecular weight is 629 g/mol. The maximum atomic E-state index is 6.88. The lowest BCUT2D eigenvalue weighted by Crippen LogP contribution is -2.35. The number of hydrogen-bond acceptors (Lipinski definition) is 5. The number of benzene rings is 5. The molecule has 7 aromatic rings. The molecule has 46 heavy (non-hydrogen) atoms. The fourth-order valence-corrected chi connectivity index (χ4v) is 10.9. The molecule has 0 aliphatic carbocycles. The number of fused-ring (bicyclic) bond motifs is 4. The van der Waals surface area contributed by atoms with E-state index in [1.54, 1.807) is 12.4 Å². The third-order valence-electron chi connectivity index (χ3n) is 8.74. The summed E-state index contributed by atoms with van der Waals surface area (Å²) in [5, 5.41) is 3.08. The maximum absolute atomic E-state index is 6.88. The number of pyridine rings is 2. The van der Waals surface area contributed by atoms with E-state index in [0.29, 0.717) is 0 Å². The topological polar surface area (TPSA) is 44.2 Å². The highest BCUT2D eigenvalue weighted by Crippen LogP contribution is 2.59. The first-order valence-corrected chi connectivity index (χ1v) is 17.9. The van der Waals surface area contributed by atoms with Crippen LogP contribution in [0.3, 0.4) is 0 Å². The Kier molecular flexibility index (Phi) is 6.24. The Morgan fingerprint density at radius 2 is 0.826 bits per heavy atom. The van der Waals surface area contributed by atoms with Crippen molar-refractivity contribution in [3.05, 3.63) is 152 Å². The van der Waals surface area contributed by atoms with Crippen LogP contribution >= 0.6 is 6.04 Å². The third kappa shape index (κ3) is 4.32. The summed E-state index contributed by atoms with van der Waals surface area (Å²) in [6.07, 6.45) is 7.36. The van der Waals surface area contributed by atoms with Crippen LogP contribution in [-0.4, -0.2) is 9.97 Å². The molecule has 0 bridgehead atoms. The van der Waals surface area contributed by atoms with Gasteiger partial charge in [0.1, 0.15) is 23.0 Å². The molecule has 0 atom stereocenters. The number of aromatic nitrogens is 2. The van der Waals surface area contributed by atoms with E-state index >= 15 is 0 Å². The molecule has 0 radical (unpaired) electrons. The first kappa shape index (κ1) is 27.0. The van der Waals surface area contributed by atoms with E-state index in [1.165, 1.54) is 0 Å². The highest BCUT2D eigenvalue weighted by Gasteiger charge is 2.42. The molecular formula is C40H25N2O2PS. The van der Waals surface area contributed by atoms with Gasteiger partial charge >= 0.3 is 0 Å². The Hall–Kier alpha value is -5.35. The van der Waals surface area contributed by atoms with E-state index in [1.807, 2.05) is 42.7 Å². The zero-order valence-corrected chi connectivity index (χ0v) is 26.2. The van der Waals surface area contributed by atoms with Crippen LogP contribution in [0.4, 0.5) is 0 Å². The molecule has 0 amide bonds. The molecule has 0 fully saturated rings. The van der Waals surface area contributed by atoms with Crippen molar-refractivity contribution >= 4 is 33.8 Å². The summed E-state index contributed by atoms with van der Waals surface area (Å²) in [6, 6.07) is 41.5. The van der Waals surface area contributed by atoms with Gasteiger partial charge in [-0.1, -0.05) is 90.7 Å². The van der Waals surface area contributed by atoms with Crippen molar-refractivity contribution in [2.45, 2.75) is 0 Å².